The van der Waals surface area contributed by atoms with Crippen LogP contribution in [0.25, 0.3) is 0 Å². The maximum atomic E-state index is 13.0. The molecule has 2 fully saturated rings. The Kier molecular flexibility index (Phi) is 7.08. The van der Waals surface area contributed by atoms with Gasteiger partial charge >= 0.3 is 6.09 Å². The van der Waals surface area contributed by atoms with Gasteiger partial charge in [-0.3, -0.25) is 4.74 Å². The molecule has 3 aromatic carbocycles. The van der Waals surface area contributed by atoms with Crippen molar-refractivity contribution >= 4 is 29.1 Å². The van der Waals surface area contributed by atoms with Gasteiger partial charge in [0.15, 0.2) is 0 Å². The van der Waals surface area contributed by atoms with Crippen molar-refractivity contribution in [3.63, 3.8) is 0 Å². The van der Waals surface area contributed by atoms with E-state index >= 15 is 0 Å². The molecule has 2 bridgehead atoms. The van der Waals surface area contributed by atoms with Crippen LogP contribution < -0.4 is 15.9 Å². The highest BCUT2D eigenvalue weighted by molar-refractivity contribution is 7.87. The monoisotopic (exact) mass is 500 g/mol. The molecule has 36 heavy (non-hydrogen) atoms. The van der Waals surface area contributed by atoms with Crippen molar-refractivity contribution in [3.05, 3.63) is 91.0 Å². The molecule has 2 aliphatic rings. The third-order valence-electron chi connectivity index (χ3n) is 7.37. The molecule has 1 amide bonds. The zero-order valence-electron chi connectivity index (χ0n) is 21.6. The number of carbonyl (C=O) groups excluding carboxylic acids is 1. The van der Waals surface area contributed by atoms with Gasteiger partial charge in [0.2, 0.25) is 0 Å². The second-order valence-electron chi connectivity index (χ2n) is 11.1. The number of nitrogens with zero attached hydrogens (tertiary/aromatic N) is 2. The molecule has 5 rings (SSSR count). The lowest BCUT2D eigenvalue weighted by molar-refractivity contribution is -0.00113. The molecule has 5 heteroatoms. The summed E-state index contributed by atoms with van der Waals surface area (Å²) in [5.41, 5.74) is -0.484. The SMILES string of the molecule is CC(C)(C)OC(=O)N1CC2CCCC(C1)C2N=P(c1ccccc1)(c1ccccc1)c1ccccc1. The molecule has 2 unspecified atom stereocenters. The van der Waals surface area contributed by atoms with Gasteiger partial charge in [-0.15, -0.1) is 0 Å². The molecule has 1 saturated heterocycles. The summed E-state index contributed by atoms with van der Waals surface area (Å²) in [5, 5.41) is 3.86. The van der Waals surface area contributed by atoms with Crippen molar-refractivity contribution in [3.8, 4) is 0 Å². The van der Waals surface area contributed by atoms with Gasteiger partial charge in [-0.2, -0.15) is 0 Å². The molecular formula is C31H37N2O2P. The van der Waals surface area contributed by atoms with Gasteiger partial charge in [-0.1, -0.05) is 97.4 Å². The molecular weight excluding hydrogens is 463 g/mol. The van der Waals surface area contributed by atoms with E-state index in [1.54, 1.807) is 0 Å². The van der Waals surface area contributed by atoms with Gasteiger partial charge in [-0.05, 0) is 45.4 Å². The molecule has 0 spiro atoms. The quantitative estimate of drug-likeness (QED) is 0.400. The Morgan fingerprint density at radius 3 is 1.58 bits per heavy atom. The number of hydrogen-bond acceptors (Lipinski definition) is 3. The summed E-state index contributed by atoms with van der Waals surface area (Å²) in [7, 11) is -2.26. The number of fused-ring (bicyclic) bond motifs is 2. The summed E-state index contributed by atoms with van der Waals surface area (Å²) >= 11 is 0. The third kappa shape index (κ3) is 5.02. The van der Waals surface area contributed by atoms with Crippen LogP contribution in [0.2, 0.25) is 0 Å². The lowest BCUT2D eigenvalue weighted by atomic mass is 9.74. The van der Waals surface area contributed by atoms with E-state index in [-0.39, 0.29) is 12.1 Å². The number of likely N-dealkylation sites (tertiary alicyclic amines) is 1. The van der Waals surface area contributed by atoms with E-state index < -0.39 is 12.7 Å². The Hall–Kier alpha value is -2.84. The first-order valence-corrected chi connectivity index (χ1v) is 14.9. The van der Waals surface area contributed by atoms with Crippen LogP contribution in [0.4, 0.5) is 4.79 Å². The standard InChI is InChI=1S/C31H37N2O2P/c1-31(2,3)35-30(34)33-22-24-14-13-15-25(23-33)29(24)32-36(26-16-7-4-8-17-26,27-18-9-5-10-19-27)28-20-11-6-12-21-28/h4-12,16-21,24-25,29H,13-15,22-23H2,1-3H3. The molecule has 0 N–H and O–H groups in total. The van der Waals surface area contributed by atoms with Crippen molar-refractivity contribution in [2.24, 2.45) is 16.6 Å². The number of hydrogen-bond donors (Lipinski definition) is 0. The second-order valence-corrected chi connectivity index (χ2v) is 14.1. The van der Waals surface area contributed by atoms with Crippen LogP contribution in [0, 0.1) is 11.8 Å². The summed E-state index contributed by atoms with van der Waals surface area (Å²) in [6, 6.07) is 32.8. The minimum atomic E-state index is -2.26. The number of ether oxygens (including phenoxy) is 1. The van der Waals surface area contributed by atoms with E-state index in [9.17, 15) is 4.79 Å². The van der Waals surface area contributed by atoms with Crippen molar-refractivity contribution in [2.45, 2.75) is 51.7 Å². The van der Waals surface area contributed by atoms with Crippen LogP contribution >= 0.6 is 7.05 Å². The molecule has 1 saturated carbocycles. The lowest BCUT2D eigenvalue weighted by Gasteiger charge is -2.47. The molecule has 0 radical (unpaired) electrons. The van der Waals surface area contributed by atoms with Gasteiger partial charge in [0.1, 0.15) is 5.60 Å². The van der Waals surface area contributed by atoms with Gasteiger partial charge < -0.3 is 9.64 Å². The Morgan fingerprint density at radius 1 is 0.778 bits per heavy atom. The fourth-order valence-corrected chi connectivity index (χ4v) is 9.73. The van der Waals surface area contributed by atoms with Crippen LogP contribution in [0.1, 0.15) is 40.0 Å². The first kappa shape index (κ1) is 24.8. The molecule has 1 aliphatic carbocycles. The Morgan fingerprint density at radius 2 is 1.19 bits per heavy atom. The van der Waals surface area contributed by atoms with Gasteiger partial charge in [-0.25, -0.2) is 4.79 Å². The number of amides is 1. The first-order chi connectivity index (χ1) is 17.4. The molecule has 4 nitrogen and oxygen atoms in total. The summed E-state index contributed by atoms with van der Waals surface area (Å²) < 4.78 is 11.7. The first-order valence-electron chi connectivity index (χ1n) is 13.1. The Bertz CT molecular complexity index is 1100. The summed E-state index contributed by atoms with van der Waals surface area (Å²) in [4.78, 5) is 14.9. The molecule has 1 heterocycles. The van der Waals surface area contributed by atoms with Crippen LogP contribution in [0.15, 0.2) is 95.7 Å². The van der Waals surface area contributed by atoms with Crippen LogP contribution in [-0.2, 0) is 4.74 Å². The van der Waals surface area contributed by atoms with Gasteiger partial charge in [0.05, 0.1) is 13.1 Å². The maximum Gasteiger partial charge on any atom is 0.410 e. The fourth-order valence-electron chi connectivity index (χ4n) is 5.85. The van der Waals surface area contributed by atoms with E-state index in [1.165, 1.54) is 22.3 Å². The minimum absolute atomic E-state index is 0.187. The smallest absolute Gasteiger partial charge is 0.410 e. The Balaban J connectivity index is 1.64. The molecule has 3 aromatic rings. The van der Waals surface area contributed by atoms with Crippen LogP contribution in [-0.4, -0.2) is 35.7 Å². The zero-order valence-corrected chi connectivity index (χ0v) is 22.5. The topological polar surface area (TPSA) is 41.9 Å². The largest absolute Gasteiger partial charge is 0.444 e. The van der Waals surface area contributed by atoms with Crippen LogP contribution in [0.3, 0.4) is 0 Å². The van der Waals surface area contributed by atoms with E-state index in [0.717, 1.165) is 25.9 Å². The average Bonchev–Trinajstić information content (AvgIpc) is 2.87. The van der Waals surface area contributed by atoms with E-state index in [4.69, 9.17) is 9.48 Å². The van der Waals surface area contributed by atoms with Crippen molar-refractivity contribution < 1.29 is 9.53 Å². The highest BCUT2D eigenvalue weighted by Gasteiger charge is 2.43. The summed E-state index contributed by atoms with van der Waals surface area (Å²) in [6.07, 6.45) is 3.22. The Labute approximate surface area is 215 Å². The van der Waals surface area contributed by atoms with E-state index in [1.807, 2.05) is 25.7 Å². The third-order valence-corrected chi connectivity index (χ3v) is 11.1. The lowest BCUT2D eigenvalue weighted by Crippen LogP contribution is -2.53. The predicted octanol–water partition coefficient (Wildman–Crippen LogP) is 6.20. The van der Waals surface area contributed by atoms with E-state index in [2.05, 4.69) is 91.0 Å². The van der Waals surface area contributed by atoms with Crippen molar-refractivity contribution in [1.29, 1.82) is 0 Å². The molecule has 0 aromatic heterocycles. The molecule has 2 atom stereocenters. The predicted molar refractivity (Wildman–Crippen MR) is 150 cm³/mol. The highest BCUT2D eigenvalue weighted by atomic mass is 31.2. The summed E-state index contributed by atoms with van der Waals surface area (Å²) in [5.74, 6) is 0.695. The van der Waals surface area contributed by atoms with Gasteiger partial charge in [0, 0.05) is 29.0 Å². The minimum Gasteiger partial charge on any atom is -0.444 e. The van der Waals surface area contributed by atoms with E-state index in [0.29, 0.717) is 11.8 Å². The summed E-state index contributed by atoms with van der Waals surface area (Å²) in [6.45, 7) is 7.25. The number of benzene rings is 3. The number of carbonyl (C=O) groups is 1. The normalized spacial score (nSPS) is 22.1. The maximum absolute atomic E-state index is 13.0. The second kappa shape index (κ2) is 10.3. The molecule has 188 valence electrons. The van der Waals surface area contributed by atoms with Crippen LogP contribution in [0.5, 0.6) is 0 Å². The average molecular weight is 501 g/mol. The van der Waals surface area contributed by atoms with Crippen molar-refractivity contribution in [1.82, 2.24) is 4.90 Å². The highest BCUT2D eigenvalue weighted by Crippen LogP contribution is 2.51. The molecule has 1 aliphatic heterocycles. The fraction of sp³-hybridized carbons (Fsp3) is 0.387. The number of piperidine rings is 1. The van der Waals surface area contributed by atoms with Crippen molar-refractivity contribution in [2.75, 3.05) is 13.1 Å². The van der Waals surface area contributed by atoms with Gasteiger partial charge in [0.25, 0.3) is 0 Å². The number of rotatable bonds is 4. The zero-order chi connectivity index (χ0) is 25.2.